The molecule has 0 fully saturated rings. The monoisotopic (exact) mass is 280 g/mol. The molecule has 110 valence electrons. The van der Waals surface area contributed by atoms with Crippen molar-refractivity contribution in [3.63, 3.8) is 0 Å². The average molecular weight is 280 g/mol. The van der Waals surface area contributed by atoms with Gasteiger partial charge in [0.2, 0.25) is 5.91 Å². The van der Waals surface area contributed by atoms with Gasteiger partial charge in [0.1, 0.15) is 5.75 Å². The molecule has 0 aliphatic carbocycles. The molecule has 1 aromatic carbocycles. The van der Waals surface area contributed by atoms with Crippen molar-refractivity contribution >= 4 is 17.5 Å². The number of carbonyl (C=O) groups is 2. The molecule has 0 heterocycles. The molecule has 0 aromatic heterocycles. The Balaban J connectivity index is 2.52. The Morgan fingerprint density at radius 2 is 2.00 bits per heavy atom. The van der Waals surface area contributed by atoms with E-state index in [4.69, 9.17) is 9.47 Å². The third-order valence-electron chi connectivity index (χ3n) is 2.38. The topological polar surface area (TPSA) is 76.7 Å². The van der Waals surface area contributed by atoms with Crippen LogP contribution >= 0.6 is 0 Å². The number of amides is 2. The zero-order chi connectivity index (χ0) is 15.0. The van der Waals surface area contributed by atoms with Crippen LogP contribution in [0.15, 0.2) is 24.3 Å². The summed E-state index contributed by atoms with van der Waals surface area (Å²) in [6.07, 6.45) is 0. The second-order valence-electron chi connectivity index (χ2n) is 4.39. The quantitative estimate of drug-likeness (QED) is 0.786. The van der Waals surface area contributed by atoms with Gasteiger partial charge in [-0.3, -0.25) is 9.59 Å². The average Bonchev–Trinajstić information content (AvgIpc) is 2.37. The van der Waals surface area contributed by atoms with Crippen molar-refractivity contribution in [1.82, 2.24) is 5.32 Å². The Kier molecular flexibility index (Phi) is 6.52. The van der Waals surface area contributed by atoms with Gasteiger partial charge >= 0.3 is 0 Å². The van der Waals surface area contributed by atoms with Crippen molar-refractivity contribution in [3.8, 4) is 5.75 Å². The SMILES string of the molecule is COC[C@@H](C)NC(=O)COc1ccccc1NC(C)=O. The molecular formula is C14H20N2O4. The molecule has 1 rings (SSSR count). The van der Waals surface area contributed by atoms with E-state index >= 15 is 0 Å². The van der Waals surface area contributed by atoms with E-state index in [0.717, 1.165) is 0 Å². The summed E-state index contributed by atoms with van der Waals surface area (Å²) in [5.41, 5.74) is 0.540. The molecule has 20 heavy (non-hydrogen) atoms. The number of carbonyl (C=O) groups excluding carboxylic acids is 2. The largest absolute Gasteiger partial charge is 0.482 e. The Labute approximate surface area is 118 Å². The molecule has 0 saturated heterocycles. The predicted octanol–water partition coefficient (Wildman–Crippen LogP) is 1.17. The molecular weight excluding hydrogens is 260 g/mol. The summed E-state index contributed by atoms with van der Waals surface area (Å²) < 4.78 is 10.3. The van der Waals surface area contributed by atoms with Gasteiger partial charge in [0.15, 0.2) is 6.61 Å². The second kappa shape index (κ2) is 8.16. The predicted molar refractivity (Wildman–Crippen MR) is 75.7 cm³/mol. The van der Waals surface area contributed by atoms with Crippen LogP contribution in [0.5, 0.6) is 5.75 Å². The number of hydrogen-bond donors (Lipinski definition) is 2. The van der Waals surface area contributed by atoms with Gasteiger partial charge in [0.25, 0.3) is 5.91 Å². The molecule has 1 atom stereocenters. The second-order valence-corrected chi connectivity index (χ2v) is 4.39. The van der Waals surface area contributed by atoms with E-state index in [1.54, 1.807) is 31.4 Å². The van der Waals surface area contributed by atoms with Gasteiger partial charge in [-0.05, 0) is 19.1 Å². The molecule has 0 unspecified atom stereocenters. The number of methoxy groups -OCH3 is 1. The van der Waals surface area contributed by atoms with Gasteiger partial charge in [-0.1, -0.05) is 12.1 Å². The first-order chi connectivity index (χ1) is 9.52. The summed E-state index contributed by atoms with van der Waals surface area (Å²) in [5, 5.41) is 5.38. The van der Waals surface area contributed by atoms with Crippen LogP contribution in [0, 0.1) is 0 Å². The number of ether oxygens (including phenoxy) is 2. The fourth-order valence-electron chi connectivity index (χ4n) is 1.64. The molecule has 2 amide bonds. The lowest BCUT2D eigenvalue weighted by molar-refractivity contribution is -0.124. The molecule has 6 heteroatoms. The Morgan fingerprint density at radius 3 is 2.65 bits per heavy atom. The molecule has 0 aliphatic rings. The summed E-state index contributed by atoms with van der Waals surface area (Å²) >= 11 is 0. The van der Waals surface area contributed by atoms with E-state index in [1.807, 2.05) is 6.92 Å². The Bertz CT molecular complexity index is 462. The van der Waals surface area contributed by atoms with Crippen molar-refractivity contribution in [3.05, 3.63) is 24.3 Å². The normalized spacial score (nSPS) is 11.6. The first kappa shape index (κ1) is 16.0. The van der Waals surface area contributed by atoms with E-state index in [0.29, 0.717) is 18.0 Å². The van der Waals surface area contributed by atoms with Crippen LogP contribution in [0.1, 0.15) is 13.8 Å². The van der Waals surface area contributed by atoms with E-state index in [2.05, 4.69) is 10.6 Å². The highest BCUT2D eigenvalue weighted by molar-refractivity contribution is 5.90. The first-order valence-corrected chi connectivity index (χ1v) is 6.30. The van der Waals surface area contributed by atoms with Gasteiger partial charge in [-0.2, -0.15) is 0 Å². The zero-order valence-corrected chi connectivity index (χ0v) is 11.9. The number of anilines is 1. The minimum Gasteiger partial charge on any atom is -0.482 e. The molecule has 0 spiro atoms. The highest BCUT2D eigenvalue weighted by Gasteiger charge is 2.10. The lowest BCUT2D eigenvalue weighted by atomic mass is 10.3. The maximum atomic E-state index is 11.7. The minimum atomic E-state index is -0.243. The summed E-state index contributed by atoms with van der Waals surface area (Å²) in [7, 11) is 1.57. The molecule has 0 saturated carbocycles. The summed E-state index contributed by atoms with van der Waals surface area (Å²) in [6.45, 7) is 3.57. The van der Waals surface area contributed by atoms with Gasteiger partial charge in [-0.25, -0.2) is 0 Å². The van der Waals surface area contributed by atoms with Crippen LogP contribution in [0.4, 0.5) is 5.69 Å². The lowest BCUT2D eigenvalue weighted by Crippen LogP contribution is -2.38. The van der Waals surface area contributed by atoms with E-state index < -0.39 is 0 Å². The Hall–Kier alpha value is -2.08. The minimum absolute atomic E-state index is 0.0818. The highest BCUT2D eigenvalue weighted by Crippen LogP contribution is 2.23. The van der Waals surface area contributed by atoms with Crippen molar-refractivity contribution < 1.29 is 19.1 Å². The molecule has 1 aromatic rings. The maximum Gasteiger partial charge on any atom is 0.258 e. The number of nitrogens with one attached hydrogen (secondary N) is 2. The number of hydrogen-bond acceptors (Lipinski definition) is 4. The van der Waals surface area contributed by atoms with Gasteiger partial charge in [0, 0.05) is 20.1 Å². The van der Waals surface area contributed by atoms with Crippen LogP contribution in [-0.2, 0) is 14.3 Å². The molecule has 0 radical (unpaired) electrons. The van der Waals surface area contributed by atoms with Crippen LogP contribution in [0.25, 0.3) is 0 Å². The van der Waals surface area contributed by atoms with Crippen LogP contribution in [-0.4, -0.2) is 38.2 Å². The number of benzene rings is 1. The molecule has 0 bridgehead atoms. The van der Waals surface area contributed by atoms with Gasteiger partial charge in [-0.15, -0.1) is 0 Å². The molecule has 2 N–H and O–H groups in total. The van der Waals surface area contributed by atoms with E-state index in [1.165, 1.54) is 6.92 Å². The van der Waals surface area contributed by atoms with Gasteiger partial charge < -0.3 is 20.1 Å². The van der Waals surface area contributed by atoms with E-state index in [-0.39, 0.29) is 24.5 Å². The van der Waals surface area contributed by atoms with Gasteiger partial charge in [0.05, 0.1) is 12.3 Å². The van der Waals surface area contributed by atoms with Crippen molar-refractivity contribution in [1.29, 1.82) is 0 Å². The van der Waals surface area contributed by atoms with Crippen molar-refractivity contribution in [2.75, 3.05) is 25.6 Å². The van der Waals surface area contributed by atoms with Crippen LogP contribution in [0.3, 0.4) is 0 Å². The molecule has 0 aliphatic heterocycles. The third-order valence-corrected chi connectivity index (χ3v) is 2.38. The Morgan fingerprint density at radius 1 is 1.30 bits per heavy atom. The standard InChI is InChI=1S/C14H20N2O4/c1-10(8-19-3)15-14(18)9-20-13-7-5-4-6-12(13)16-11(2)17/h4-7,10H,8-9H2,1-3H3,(H,15,18)(H,16,17)/t10-/m1/s1. The van der Waals surface area contributed by atoms with Crippen molar-refractivity contribution in [2.24, 2.45) is 0 Å². The van der Waals surface area contributed by atoms with Crippen LogP contribution in [0.2, 0.25) is 0 Å². The summed E-state index contributed by atoms with van der Waals surface area (Å²) in [6, 6.07) is 6.87. The van der Waals surface area contributed by atoms with Crippen LogP contribution < -0.4 is 15.4 Å². The zero-order valence-electron chi connectivity index (χ0n) is 11.9. The third kappa shape index (κ3) is 5.71. The smallest absolute Gasteiger partial charge is 0.258 e. The summed E-state index contributed by atoms with van der Waals surface area (Å²) in [5.74, 6) is 0.0173. The molecule has 6 nitrogen and oxygen atoms in total. The summed E-state index contributed by atoms with van der Waals surface area (Å²) in [4.78, 5) is 22.7. The fraction of sp³-hybridized carbons (Fsp3) is 0.429. The number of rotatable bonds is 7. The number of para-hydroxylation sites is 2. The maximum absolute atomic E-state index is 11.7. The first-order valence-electron chi connectivity index (χ1n) is 6.30. The van der Waals surface area contributed by atoms with E-state index in [9.17, 15) is 9.59 Å². The van der Waals surface area contributed by atoms with Crippen molar-refractivity contribution in [2.45, 2.75) is 19.9 Å². The fourth-order valence-corrected chi connectivity index (χ4v) is 1.64. The highest BCUT2D eigenvalue weighted by atomic mass is 16.5. The lowest BCUT2D eigenvalue weighted by Gasteiger charge is -2.14.